The van der Waals surface area contributed by atoms with Crippen LogP contribution in [0.4, 0.5) is 10.2 Å². The maximum absolute atomic E-state index is 13.8. The molecular weight excluding hydrogens is 335 g/mol. The van der Waals surface area contributed by atoms with Crippen molar-refractivity contribution >= 4 is 21.4 Å². The lowest BCUT2D eigenvalue weighted by molar-refractivity contribution is 0.136. The summed E-state index contributed by atoms with van der Waals surface area (Å²) < 4.78 is 43.6. The van der Waals surface area contributed by atoms with Crippen LogP contribution < -0.4 is 15.8 Å². The highest BCUT2D eigenvalue weighted by molar-refractivity contribution is 7.96. The van der Waals surface area contributed by atoms with Crippen LogP contribution in [0.25, 0.3) is 0 Å². The Balaban J connectivity index is 2.35. The maximum atomic E-state index is 13.8. The summed E-state index contributed by atoms with van der Waals surface area (Å²) in [6.45, 7) is 5.85. The van der Waals surface area contributed by atoms with Crippen LogP contribution >= 0.6 is 0 Å². The van der Waals surface area contributed by atoms with Crippen molar-refractivity contribution in [1.29, 1.82) is 0 Å². The van der Waals surface area contributed by atoms with E-state index >= 15 is 0 Å². The first-order chi connectivity index (χ1) is 11.2. The second-order valence-corrected chi connectivity index (χ2v) is 7.70. The Kier molecular flexibility index (Phi) is 5.55. The van der Waals surface area contributed by atoms with Gasteiger partial charge in [0.25, 0.3) is 0 Å². The molecule has 1 aromatic rings. The summed E-state index contributed by atoms with van der Waals surface area (Å²) in [4.78, 5) is 8.01. The van der Waals surface area contributed by atoms with Gasteiger partial charge in [0.1, 0.15) is 11.0 Å². The number of nitrogens with two attached hydrogens (primary N) is 1. The number of ether oxygens (including phenoxy) is 1. The quantitative estimate of drug-likeness (QED) is 0.744. The van der Waals surface area contributed by atoms with E-state index in [0.717, 1.165) is 6.20 Å². The second kappa shape index (κ2) is 7.27. The zero-order chi connectivity index (χ0) is 17.9. The van der Waals surface area contributed by atoms with Gasteiger partial charge >= 0.3 is 0 Å². The van der Waals surface area contributed by atoms with Crippen molar-refractivity contribution in [2.75, 3.05) is 18.8 Å². The van der Waals surface area contributed by atoms with Gasteiger partial charge in [0, 0.05) is 24.9 Å². The molecule has 7 nitrogen and oxygen atoms in total. The van der Waals surface area contributed by atoms with Crippen molar-refractivity contribution in [2.24, 2.45) is 10.7 Å². The predicted octanol–water partition coefficient (Wildman–Crippen LogP) is 1.29. The zero-order valence-electron chi connectivity index (χ0n) is 13.8. The maximum Gasteiger partial charge on any atom is 0.183 e. The molecule has 1 fully saturated rings. The average molecular weight is 356 g/mol. The Hall–Kier alpha value is -2.00. The number of hydrogen-bond acceptors (Lipinski definition) is 7. The van der Waals surface area contributed by atoms with Crippen LogP contribution in [0.5, 0.6) is 5.75 Å². The zero-order valence-corrected chi connectivity index (χ0v) is 14.7. The van der Waals surface area contributed by atoms with Gasteiger partial charge in [-0.3, -0.25) is 0 Å². The molecule has 0 aliphatic carbocycles. The third-order valence-corrected chi connectivity index (χ3v) is 5.50. The lowest BCUT2D eigenvalue weighted by Crippen LogP contribution is -2.50. The van der Waals surface area contributed by atoms with Crippen LogP contribution in [-0.4, -0.2) is 44.1 Å². The second-order valence-electron chi connectivity index (χ2n) is 5.48. The minimum Gasteiger partial charge on any atom is -0.484 e. The first kappa shape index (κ1) is 18.3. The first-order valence-corrected chi connectivity index (χ1v) is 9.17. The van der Waals surface area contributed by atoms with E-state index in [1.165, 1.54) is 26.8 Å². The van der Waals surface area contributed by atoms with Gasteiger partial charge in [-0.2, -0.15) is 0 Å². The molecule has 0 aromatic carbocycles. The summed E-state index contributed by atoms with van der Waals surface area (Å²) in [5.74, 6) is -0.494. The summed E-state index contributed by atoms with van der Waals surface area (Å²) in [6, 6.07) is 1.35. The highest BCUT2D eigenvalue weighted by atomic mass is 32.2. The number of nitrogens with zero attached hydrogens (tertiary/aromatic N) is 2. The van der Waals surface area contributed by atoms with Crippen LogP contribution in [0.1, 0.15) is 20.8 Å². The summed E-state index contributed by atoms with van der Waals surface area (Å²) >= 11 is 0. The van der Waals surface area contributed by atoms with E-state index in [2.05, 4.69) is 15.3 Å². The van der Waals surface area contributed by atoms with Gasteiger partial charge in [-0.05, 0) is 13.8 Å². The Morgan fingerprint density at radius 2 is 2.17 bits per heavy atom. The van der Waals surface area contributed by atoms with Crippen molar-refractivity contribution < 1.29 is 17.5 Å². The number of hydrogen-bond donors (Lipinski definition) is 2. The molecule has 0 spiro atoms. The summed E-state index contributed by atoms with van der Waals surface area (Å²) in [7, 11) is -3.53. The van der Waals surface area contributed by atoms with Gasteiger partial charge in [-0.1, -0.05) is 6.92 Å². The Morgan fingerprint density at radius 3 is 2.67 bits per heavy atom. The molecule has 0 amide bonds. The molecule has 2 heterocycles. The molecule has 1 aliphatic rings. The van der Waals surface area contributed by atoms with Gasteiger partial charge in [0.2, 0.25) is 0 Å². The van der Waals surface area contributed by atoms with Gasteiger partial charge in [0.05, 0.1) is 17.7 Å². The highest BCUT2D eigenvalue weighted by Gasteiger charge is 2.22. The summed E-state index contributed by atoms with van der Waals surface area (Å²) in [5, 5.41) is 3.02. The molecule has 0 atom stereocenters. The molecule has 132 valence electrons. The van der Waals surface area contributed by atoms with Crippen LogP contribution in [0, 0.1) is 5.82 Å². The lowest BCUT2D eigenvalue weighted by atomic mass is 10.2. The van der Waals surface area contributed by atoms with Gasteiger partial charge < -0.3 is 15.8 Å². The summed E-state index contributed by atoms with van der Waals surface area (Å²) in [6.07, 6.45) is 0.905. The van der Waals surface area contributed by atoms with Crippen LogP contribution in [0.3, 0.4) is 0 Å². The molecule has 0 saturated carbocycles. The predicted molar refractivity (Wildman–Crippen MR) is 90.6 cm³/mol. The van der Waals surface area contributed by atoms with Crippen LogP contribution in [0.2, 0.25) is 0 Å². The fraction of sp³-hybridized carbons (Fsp3) is 0.467. The molecule has 0 bridgehead atoms. The molecule has 2 rings (SSSR count). The minimum absolute atomic E-state index is 0.0261. The topological polar surface area (TPSA) is 107 Å². The van der Waals surface area contributed by atoms with E-state index in [0.29, 0.717) is 13.1 Å². The van der Waals surface area contributed by atoms with E-state index in [-0.39, 0.29) is 39.7 Å². The van der Waals surface area contributed by atoms with Gasteiger partial charge in [0.15, 0.2) is 27.2 Å². The van der Waals surface area contributed by atoms with E-state index in [4.69, 9.17) is 10.5 Å². The SMILES string of the molecule is CCS(=O)(=O)C(C(C)=Nc1cc(OC2CNC2)c(F)cn1)=C(C)N. The molecule has 1 aliphatic heterocycles. The number of allylic oxidation sites excluding steroid dienone is 2. The van der Waals surface area contributed by atoms with Crippen molar-refractivity contribution in [1.82, 2.24) is 10.3 Å². The van der Waals surface area contributed by atoms with Crippen molar-refractivity contribution in [3.8, 4) is 5.75 Å². The molecule has 0 radical (unpaired) electrons. The molecular formula is C15H21FN4O3S. The monoisotopic (exact) mass is 356 g/mol. The fourth-order valence-electron chi connectivity index (χ4n) is 2.21. The third-order valence-electron chi connectivity index (χ3n) is 3.50. The highest BCUT2D eigenvalue weighted by Crippen LogP contribution is 2.24. The molecule has 0 unspecified atom stereocenters. The van der Waals surface area contributed by atoms with E-state index in [9.17, 15) is 12.8 Å². The molecule has 1 saturated heterocycles. The standard InChI is InChI=1S/C15H21FN4O3S/c1-4-24(21,22)15(9(2)17)10(3)20-14-5-13(12(16)8-19-14)23-11-6-18-7-11/h5,8,11,18H,4,6-7,17H2,1-3H3. The van der Waals surface area contributed by atoms with Crippen molar-refractivity contribution in [3.05, 3.63) is 28.7 Å². The molecule has 3 N–H and O–H groups in total. The number of aromatic nitrogens is 1. The third kappa shape index (κ3) is 4.09. The van der Waals surface area contributed by atoms with Crippen LogP contribution in [-0.2, 0) is 9.84 Å². The smallest absolute Gasteiger partial charge is 0.183 e. The van der Waals surface area contributed by atoms with Gasteiger partial charge in [-0.15, -0.1) is 0 Å². The Morgan fingerprint density at radius 1 is 1.50 bits per heavy atom. The number of halogens is 1. The van der Waals surface area contributed by atoms with E-state index < -0.39 is 15.7 Å². The fourth-order valence-corrected chi connectivity index (χ4v) is 3.48. The number of aliphatic imine (C=N–C) groups is 1. The van der Waals surface area contributed by atoms with E-state index in [1.54, 1.807) is 0 Å². The number of pyridine rings is 1. The van der Waals surface area contributed by atoms with Crippen LogP contribution in [0.15, 0.2) is 27.9 Å². The van der Waals surface area contributed by atoms with Crippen molar-refractivity contribution in [3.63, 3.8) is 0 Å². The van der Waals surface area contributed by atoms with Crippen molar-refractivity contribution in [2.45, 2.75) is 26.9 Å². The average Bonchev–Trinajstić information content (AvgIpc) is 2.45. The Labute approximate surface area is 140 Å². The largest absolute Gasteiger partial charge is 0.484 e. The molecule has 24 heavy (non-hydrogen) atoms. The number of sulfone groups is 1. The normalized spacial score (nSPS) is 17.2. The number of rotatable bonds is 6. The Bertz CT molecular complexity index is 782. The molecule has 1 aromatic heterocycles. The lowest BCUT2D eigenvalue weighted by Gasteiger charge is -2.27. The first-order valence-electron chi connectivity index (χ1n) is 7.52. The summed E-state index contributed by atoms with van der Waals surface area (Å²) in [5.41, 5.74) is 6.06. The minimum atomic E-state index is -3.53. The molecule has 9 heteroatoms. The van der Waals surface area contributed by atoms with Gasteiger partial charge in [-0.25, -0.2) is 22.8 Å². The van der Waals surface area contributed by atoms with E-state index in [1.807, 2.05) is 0 Å². The number of nitrogens with one attached hydrogen (secondary N) is 1.